The van der Waals surface area contributed by atoms with Crippen LogP contribution in [0.5, 0.6) is 0 Å². The van der Waals surface area contributed by atoms with Gasteiger partial charge in [0.1, 0.15) is 35.8 Å². The summed E-state index contributed by atoms with van der Waals surface area (Å²) in [5.41, 5.74) is 9.96. The summed E-state index contributed by atoms with van der Waals surface area (Å²) in [6, 6.07) is 6.50. The number of benzene rings is 2. The highest BCUT2D eigenvalue weighted by molar-refractivity contribution is 6.30. The van der Waals surface area contributed by atoms with Crippen molar-refractivity contribution in [3.63, 3.8) is 0 Å². The first-order chi connectivity index (χ1) is 47.6. The minimum Gasteiger partial charge on any atom is -0.465 e. The molecule has 0 aliphatic carbocycles. The predicted octanol–water partition coefficient (Wildman–Crippen LogP) is 7.15. The molecule has 11 atom stereocenters. The molecule has 0 spiro atoms. The fraction of sp³-hybridized carbons (Fsp3) is 0.616. The third-order valence-corrected chi connectivity index (χ3v) is 19.3. The van der Waals surface area contributed by atoms with E-state index in [1.54, 1.807) is 123 Å². The van der Waals surface area contributed by atoms with Gasteiger partial charge < -0.3 is 82.7 Å². The number of urea groups is 1. The molecular formula is C73H113ClN12O16. The summed E-state index contributed by atoms with van der Waals surface area (Å²) in [5.74, 6) is -9.69. The van der Waals surface area contributed by atoms with Crippen LogP contribution in [0.15, 0.2) is 71.8 Å². The van der Waals surface area contributed by atoms with Crippen molar-refractivity contribution in [2.75, 3.05) is 53.1 Å². The number of anilines is 1. The van der Waals surface area contributed by atoms with E-state index in [9.17, 15) is 63.0 Å². The zero-order valence-electron chi connectivity index (χ0n) is 62.5. The lowest BCUT2D eigenvalue weighted by atomic mass is 9.65. The molecule has 0 aromatic heterocycles. The number of nitrogens with zero attached hydrogens (tertiary/aromatic N) is 4. The molecule has 12 N–H and O–H groups in total. The first-order valence-electron chi connectivity index (χ1n) is 34.9. The Morgan fingerprint density at radius 1 is 0.843 bits per heavy atom. The summed E-state index contributed by atoms with van der Waals surface area (Å²) in [6.45, 7) is 21.3. The van der Waals surface area contributed by atoms with Crippen LogP contribution in [0.4, 0.5) is 20.1 Å². The molecule has 28 nitrogen and oxygen atoms in total. The Labute approximate surface area is 605 Å². The van der Waals surface area contributed by atoms with Crippen LogP contribution in [0.3, 0.4) is 0 Å². The summed E-state index contributed by atoms with van der Waals surface area (Å²) in [5, 5.41) is 37.9. The zero-order valence-corrected chi connectivity index (χ0v) is 63.3. The number of nitrogens with one attached hydrogen (secondary N) is 6. The minimum absolute atomic E-state index is 0.00626. The van der Waals surface area contributed by atoms with Crippen molar-refractivity contribution in [3.05, 3.63) is 88.0 Å². The van der Waals surface area contributed by atoms with E-state index in [2.05, 4.69) is 31.9 Å². The number of rotatable bonds is 26. The number of carbonyl (C=O) groups excluding carboxylic acids is 10. The van der Waals surface area contributed by atoms with Crippen molar-refractivity contribution < 1.29 is 77.2 Å². The number of halogens is 1. The highest BCUT2D eigenvalue weighted by atomic mass is 35.5. The number of allylic oxidation sites excluding steroid dienone is 2. The van der Waals surface area contributed by atoms with Crippen molar-refractivity contribution in [2.45, 2.75) is 214 Å². The number of hydrogen-bond donors (Lipinski definition) is 10. The fourth-order valence-corrected chi connectivity index (χ4v) is 12.3. The smallest absolute Gasteiger partial charge is 0.407 e. The van der Waals surface area contributed by atoms with Crippen molar-refractivity contribution in [2.24, 2.45) is 41.1 Å². The van der Waals surface area contributed by atoms with Gasteiger partial charge in [0.25, 0.3) is 5.91 Å². The number of cyclic esters (lactones) is 2. The van der Waals surface area contributed by atoms with E-state index in [-0.39, 0.29) is 81.1 Å². The normalized spacial score (nSPS) is 22.4. The number of ether oxygens (including phenoxy) is 2. The van der Waals surface area contributed by atoms with Crippen LogP contribution in [0.1, 0.15) is 159 Å². The van der Waals surface area contributed by atoms with Crippen molar-refractivity contribution >= 4 is 88.8 Å². The van der Waals surface area contributed by atoms with Gasteiger partial charge >= 0.3 is 30.2 Å². The Bertz CT molecular complexity index is 3290. The zero-order chi connectivity index (χ0) is 77.3. The molecule has 568 valence electrons. The molecule has 3 rings (SSSR count). The van der Waals surface area contributed by atoms with E-state index < -0.39 is 149 Å². The molecule has 1 unspecified atom stereocenters. The molecule has 1 aliphatic heterocycles. The maximum absolute atomic E-state index is 15.1. The van der Waals surface area contributed by atoms with Gasteiger partial charge in [-0.2, -0.15) is 0 Å². The van der Waals surface area contributed by atoms with Gasteiger partial charge in [-0.25, -0.2) is 24.0 Å². The second kappa shape index (κ2) is 40.7. The molecule has 1 heterocycles. The van der Waals surface area contributed by atoms with Crippen molar-refractivity contribution in [3.8, 4) is 0 Å². The van der Waals surface area contributed by atoms with Crippen molar-refractivity contribution in [1.29, 1.82) is 0 Å². The van der Waals surface area contributed by atoms with E-state index >= 15 is 4.79 Å². The molecule has 0 radical (unpaired) electrons. The number of likely N-dealkylation sites (N-methyl/N-ethyl adjacent to an activating group) is 3. The molecule has 1 aliphatic rings. The quantitative estimate of drug-likeness (QED) is 0.0254. The summed E-state index contributed by atoms with van der Waals surface area (Å²) >= 11 is 6.22. The van der Waals surface area contributed by atoms with E-state index in [1.807, 2.05) is 0 Å². The molecule has 2 aromatic carbocycles. The minimum atomic E-state index is -1.83. The van der Waals surface area contributed by atoms with Crippen LogP contribution < -0.4 is 43.4 Å². The van der Waals surface area contributed by atoms with Gasteiger partial charge in [0.15, 0.2) is 6.10 Å². The van der Waals surface area contributed by atoms with Crippen LogP contribution in [-0.2, 0) is 65.5 Å². The number of carbonyl (C=O) groups is 12. The maximum atomic E-state index is 15.1. The Kier molecular flexibility index (Phi) is 34.9. The average molecular weight is 1450 g/mol. The van der Waals surface area contributed by atoms with E-state index in [0.29, 0.717) is 47.4 Å². The summed E-state index contributed by atoms with van der Waals surface area (Å²) < 4.78 is 12.7. The van der Waals surface area contributed by atoms with Gasteiger partial charge in [-0.15, -0.1) is 0 Å². The third kappa shape index (κ3) is 26.2. The number of nitrogens with two attached hydrogens (primary N) is 2. The molecule has 11 amide bonds. The summed E-state index contributed by atoms with van der Waals surface area (Å²) in [7, 11) is 5.58. The second-order valence-corrected chi connectivity index (χ2v) is 28.8. The lowest BCUT2D eigenvalue weighted by Gasteiger charge is -2.50. The topological polar surface area (TPSA) is 401 Å². The molecule has 0 fully saturated rings. The number of hydrogen-bond acceptors (Lipinski definition) is 15. The molecule has 2 aromatic rings. The van der Waals surface area contributed by atoms with Gasteiger partial charge in [-0.1, -0.05) is 116 Å². The molecule has 0 saturated carbocycles. The fourth-order valence-electron chi connectivity index (χ4n) is 12.2. The molecular weight excluding hydrogens is 1340 g/mol. The van der Waals surface area contributed by atoms with Crippen molar-refractivity contribution in [1.82, 2.24) is 46.2 Å². The first-order valence-corrected chi connectivity index (χ1v) is 35.3. The molecule has 102 heavy (non-hydrogen) atoms. The highest BCUT2D eigenvalue weighted by Gasteiger charge is 2.50. The number of esters is 2. The number of carboxylic acid groups (broad SMARTS) is 2. The van der Waals surface area contributed by atoms with Crippen LogP contribution in [-0.4, -0.2) is 203 Å². The second-order valence-electron chi connectivity index (χ2n) is 28.3. The van der Waals surface area contributed by atoms with Crippen LogP contribution in [0, 0.1) is 29.6 Å². The van der Waals surface area contributed by atoms with E-state index in [0.717, 1.165) is 14.7 Å². The largest absolute Gasteiger partial charge is 0.465 e. The number of primary amides is 1. The lowest BCUT2D eigenvalue weighted by molar-refractivity contribution is -0.160. The van der Waals surface area contributed by atoms with Gasteiger partial charge in [0.2, 0.25) is 35.4 Å². The summed E-state index contributed by atoms with van der Waals surface area (Å²) in [6.07, 6.45) is -0.329. The van der Waals surface area contributed by atoms with Crippen LogP contribution in [0.2, 0.25) is 5.02 Å². The molecule has 29 heteroatoms. The molecule has 0 saturated heterocycles. The number of amides is 11. The standard InChI is InChI=1S/C73H113ClN12O16/c1-18-44(7)59-64(91)82-72(12,13)68(95)102-60(45(8)19-2)47(10)53(34-25-46(9)67(94)101-56(38-42(3)4)62(89)78-48(11)65(92)85(16)55(39-49-26-30-51(74)31-27-49)66(93)84(15)41-57(87)81-59)73(86(17)71(99)100,35-21-20-22-37-83(14)70(97)98)40-50-28-32-52(33-29-50)79-61(88)54(24-23-36-77-69(76)96)80-63(90)58(75)43(5)6/h19,25-33,42-44,47-48,53-56,58-60H,18,20-24,34-41,75H2,1-17H3,(H,78,89)(H,79,88)(H,80,90)(H,81,87)(H,82,91)(H,97,98)(H,99,100)(H3,76,77,96)/b45-19+,46-25+/t44-,47+,48+,53+,54+,55-,56-,58+,59+,60-,73?/m1/s1. The van der Waals surface area contributed by atoms with Gasteiger partial charge in [0.05, 0.1) is 18.1 Å². The summed E-state index contributed by atoms with van der Waals surface area (Å²) in [4.78, 5) is 172. The Morgan fingerprint density at radius 3 is 2.02 bits per heavy atom. The van der Waals surface area contributed by atoms with E-state index in [1.165, 1.54) is 60.8 Å². The number of unbranched alkanes of at least 4 members (excludes halogenated alkanes) is 2. The van der Waals surface area contributed by atoms with Gasteiger partial charge in [-0.05, 0) is 151 Å². The average Bonchev–Trinajstić information content (AvgIpc) is 0.763. The van der Waals surface area contributed by atoms with E-state index in [4.69, 9.17) is 32.5 Å². The maximum Gasteiger partial charge on any atom is 0.407 e. The highest BCUT2D eigenvalue weighted by Crippen LogP contribution is 2.44. The lowest BCUT2D eigenvalue weighted by Crippen LogP contribution is -2.61. The Balaban J connectivity index is 2.45. The molecule has 0 bridgehead atoms. The van der Waals surface area contributed by atoms with Gasteiger partial charge in [-0.3, -0.25) is 33.6 Å². The van der Waals surface area contributed by atoms with Crippen LogP contribution >= 0.6 is 11.6 Å². The Hall–Kier alpha value is -8.79. The van der Waals surface area contributed by atoms with Gasteiger partial charge in [0, 0.05) is 69.9 Å². The first kappa shape index (κ1) is 87.4. The third-order valence-electron chi connectivity index (χ3n) is 19.1. The predicted molar refractivity (Wildman–Crippen MR) is 388 cm³/mol. The SMILES string of the molecule is C/C=C(\C)[C@H]1OC(=O)C(C)(C)NC(=O)[C@H]([C@H](C)CC)NC(=O)CN(C)C(=O)[C@@H](Cc2ccc(Cl)cc2)N(C)C(=O)[C@H](C)NC(=O)[C@@H](CC(C)C)OC(=O)/C(C)=C/C[C@H](C(CCCCCN(C)C(=O)O)(Cc2ccc(NC(=O)[C@H](CCCNC(N)=O)NC(=O)[C@@H](N)C(C)C)cc2)N(C)C(=O)O)[C@@H]1C. The monoisotopic (exact) mass is 1450 g/mol. The Morgan fingerprint density at radius 2 is 1.46 bits per heavy atom. The van der Waals surface area contributed by atoms with Crippen LogP contribution in [0.25, 0.3) is 0 Å².